The third-order valence-corrected chi connectivity index (χ3v) is 4.26. The van der Waals surface area contributed by atoms with Crippen molar-refractivity contribution in [1.29, 1.82) is 0 Å². The number of hydrazine groups is 1. The first-order valence-electron chi connectivity index (χ1n) is 9.02. The molecule has 5 heteroatoms. The zero-order valence-corrected chi connectivity index (χ0v) is 15.8. The molecule has 3 rings (SSSR count). The highest BCUT2D eigenvalue weighted by atomic mass is 16.5. The summed E-state index contributed by atoms with van der Waals surface area (Å²) in [5.41, 5.74) is 8.49. The summed E-state index contributed by atoms with van der Waals surface area (Å²) in [7, 11) is 0. The SMILES string of the molecule is Cc1ccc(C(=O)NNC(=O)C(C)Oc2ccc(-c3ccccc3)cc2)cc1. The lowest BCUT2D eigenvalue weighted by atomic mass is 10.1. The van der Waals surface area contributed by atoms with Crippen molar-refractivity contribution in [3.8, 4) is 16.9 Å². The molecule has 0 saturated heterocycles. The molecular weight excluding hydrogens is 352 g/mol. The second-order valence-electron chi connectivity index (χ2n) is 6.46. The lowest BCUT2D eigenvalue weighted by molar-refractivity contribution is -0.128. The van der Waals surface area contributed by atoms with Crippen molar-refractivity contribution in [2.24, 2.45) is 0 Å². The number of hydrogen-bond donors (Lipinski definition) is 2. The molecule has 142 valence electrons. The lowest BCUT2D eigenvalue weighted by Crippen LogP contribution is -2.47. The maximum absolute atomic E-state index is 12.2. The van der Waals surface area contributed by atoms with Crippen LogP contribution in [0.15, 0.2) is 78.9 Å². The topological polar surface area (TPSA) is 67.4 Å². The van der Waals surface area contributed by atoms with Gasteiger partial charge in [0, 0.05) is 5.56 Å². The van der Waals surface area contributed by atoms with Crippen LogP contribution in [-0.4, -0.2) is 17.9 Å². The van der Waals surface area contributed by atoms with Crippen molar-refractivity contribution in [2.75, 3.05) is 0 Å². The first kappa shape index (κ1) is 19.2. The summed E-state index contributed by atoms with van der Waals surface area (Å²) in [5, 5.41) is 0. The van der Waals surface area contributed by atoms with Crippen molar-refractivity contribution >= 4 is 11.8 Å². The summed E-state index contributed by atoms with van der Waals surface area (Å²) in [6, 6.07) is 24.6. The summed E-state index contributed by atoms with van der Waals surface area (Å²) in [6.45, 7) is 3.56. The maximum atomic E-state index is 12.2. The number of benzene rings is 3. The van der Waals surface area contributed by atoms with E-state index in [0.29, 0.717) is 11.3 Å². The third kappa shape index (κ3) is 4.98. The normalized spacial score (nSPS) is 11.4. The molecule has 0 spiro atoms. The van der Waals surface area contributed by atoms with Crippen LogP contribution in [0, 0.1) is 6.92 Å². The van der Waals surface area contributed by atoms with E-state index < -0.39 is 12.0 Å². The van der Waals surface area contributed by atoms with Gasteiger partial charge in [0.15, 0.2) is 6.10 Å². The molecule has 0 aromatic heterocycles. The molecule has 0 bridgehead atoms. The van der Waals surface area contributed by atoms with Crippen molar-refractivity contribution < 1.29 is 14.3 Å². The molecule has 3 aromatic rings. The molecule has 2 amide bonds. The first-order chi connectivity index (χ1) is 13.5. The Morgan fingerprint density at radius 3 is 2.04 bits per heavy atom. The van der Waals surface area contributed by atoms with E-state index in [2.05, 4.69) is 10.9 Å². The minimum atomic E-state index is -0.763. The molecule has 0 heterocycles. The fraction of sp³-hybridized carbons (Fsp3) is 0.130. The monoisotopic (exact) mass is 374 g/mol. The summed E-state index contributed by atoms with van der Waals surface area (Å²) in [4.78, 5) is 24.2. The fourth-order valence-corrected chi connectivity index (χ4v) is 2.61. The van der Waals surface area contributed by atoms with E-state index in [1.54, 1.807) is 19.1 Å². The van der Waals surface area contributed by atoms with Gasteiger partial charge in [0.05, 0.1) is 0 Å². The van der Waals surface area contributed by atoms with E-state index in [-0.39, 0.29) is 5.91 Å². The Bertz CT molecular complexity index is 936. The van der Waals surface area contributed by atoms with E-state index in [1.807, 2.05) is 73.7 Å². The average Bonchev–Trinajstić information content (AvgIpc) is 2.73. The molecule has 1 unspecified atom stereocenters. The van der Waals surface area contributed by atoms with Gasteiger partial charge in [-0.05, 0) is 49.2 Å². The Morgan fingerprint density at radius 2 is 1.39 bits per heavy atom. The van der Waals surface area contributed by atoms with Crippen molar-refractivity contribution in [2.45, 2.75) is 20.0 Å². The van der Waals surface area contributed by atoms with Gasteiger partial charge in [0.1, 0.15) is 5.75 Å². The van der Waals surface area contributed by atoms with Crippen molar-refractivity contribution in [1.82, 2.24) is 10.9 Å². The van der Waals surface area contributed by atoms with Crippen LogP contribution in [-0.2, 0) is 4.79 Å². The zero-order chi connectivity index (χ0) is 19.9. The van der Waals surface area contributed by atoms with Gasteiger partial charge in [-0.15, -0.1) is 0 Å². The largest absolute Gasteiger partial charge is 0.481 e. The Balaban J connectivity index is 1.52. The summed E-state index contributed by atoms with van der Waals surface area (Å²) >= 11 is 0. The van der Waals surface area contributed by atoms with Gasteiger partial charge in [-0.3, -0.25) is 20.4 Å². The summed E-state index contributed by atoms with van der Waals surface area (Å²) in [6.07, 6.45) is -0.763. The van der Waals surface area contributed by atoms with E-state index in [0.717, 1.165) is 16.7 Å². The number of carbonyl (C=O) groups is 2. The molecule has 0 fully saturated rings. The van der Waals surface area contributed by atoms with Crippen LogP contribution in [0.25, 0.3) is 11.1 Å². The van der Waals surface area contributed by atoms with Gasteiger partial charge in [-0.1, -0.05) is 60.2 Å². The molecule has 3 aromatic carbocycles. The maximum Gasteiger partial charge on any atom is 0.279 e. The third-order valence-electron chi connectivity index (χ3n) is 4.26. The molecule has 0 aliphatic rings. The highest BCUT2D eigenvalue weighted by Crippen LogP contribution is 2.22. The first-order valence-corrected chi connectivity index (χ1v) is 9.02. The molecular formula is C23H22N2O3. The molecule has 0 aliphatic carbocycles. The van der Waals surface area contributed by atoms with E-state index in [1.165, 1.54) is 0 Å². The molecule has 5 nitrogen and oxygen atoms in total. The highest BCUT2D eigenvalue weighted by Gasteiger charge is 2.16. The van der Waals surface area contributed by atoms with Crippen LogP contribution in [0.3, 0.4) is 0 Å². The zero-order valence-electron chi connectivity index (χ0n) is 15.8. The predicted molar refractivity (Wildman–Crippen MR) is 109 cm³/mol. The van der Waals surface area contributed by atoms with Crippen LogP contribution in [0.4, 0.5) is 0 Å². The molecule has 0 radical (unpaired) electrons. The Kier molecular flexibility index (Phi) is 6.07. The number of carbonyl (C=O) groups excluding carboxylic acids is 2. The number of rotatable bonds is 5. The number of amides is 2. The van der Waals surface area contributed by atoms with Gasteiger partial charge in [0.25, 0.3) is 11.8 Å². The lowest BCUT2D eigenvalue weighted by Gasteiger charge is -2.15. The summed E-state index contributed by atoms with van der Waals surface area (Å²) < 4.78 is 5.66. The van der Waals surface area contributed by atoms with E-state index in [4.69, 9.17) is 4.74 Å². The minimum Gasteiger partial charge on any atom is -0.481 e. The van der Waals surface area contributed by atoms with Crippen LogP contribution >= 0.6 is 0 Å². The quantitative estimate of drug-likeness (QED) is 0.666. The average molecular weight is 374 g/mol. The van der Waals surface area contributed by atoms with Gasteiger partial charge < -0.3 is 4.74 Å². The van der Waals surface area contributed by atoms with Gasteiger partial charge >= 0.3 is 0 Å². The number of hydrogen-bond acceptors (Lipinski definition) is 3. The number of nitrogens with one attached hydrogen (secondary N) is 2. The second-order valence-corrected chi connectivity index (χ2v) is 6.46. The molecule has 1 atom stereocenters. The van der Waals surface area contributed by atoms with Gasteiger partial charge in [0.2, 0.25) is 0 Å². The minimum absolute atomic E-state index is 0.382. The summed E-state index contributed by atoms with van der Waals surface area (Å²) in [5.74, 6) is -0.243. The molecule has 28 heavy (non-hydrogen) atoms. The smallest absolute Gasteiger partial charge is 0.279 e. The Hall–Kier alpha value is -3.60. The van der Waals surface area contributed by atoms with Gasteiger partial charge in [-0.25, -0.2) is 0 Å². The van der Waals surface area contributed by atoms with Crippen LogP contribution in [0.5, 0.6) is 5.75 Å². The number of aryl methyl sites for hydroxylation is 1. The van der Waals surface area contributed by atoms with Gasteiger partial charge in [-0.2, -0.15) is 0 Å². The number of ether oxygens (including phenoxy) is 1. The van der Waals surface area contributed by atoms with Crippen LogP contribution in [0.1, 0.15) is 22.8 Å². The van der Waals surface area contributed by atoms with Crippen LogP contribution in [0.2, 0.25) is 0 Å². The molecule has 0 aliphatic heterocycles. The Morgan fingerprint density at radius 1 is 0.786 bits per heavy atom. The van der Waals surface area contributed by atoms with Crippen molar-refractivity contribution in [3.63, 3.8) is 0 Å². The Labute approximate surface area is 164 Å². The molecule has 2 N–H and O–H groups in total. The van der Waals surface area contributed by atoms with Crippen molar-refractivity contribution in [3.05, 3.63) is 90.0 Å². The standard InChI is InChI=1S/C23H22N2O3/c1-16-8-10-20(11-9-16)23(27)25-24-22(26)17(2)28-21-14-12-19(13-15-21)18-6-4-3-5-7-18/h3-15,17H,1-2H3,(H,24,26)(H,25,27). The second kappa shape index (κ2) is 8.86. The van der Waals surface area contributed by atoms with Crippen LogP contribution < -0.4 is 15.6 Å². The van der Waals surface area contributed by atoms with E-state index >= 15 is 0 Å². The highest BCUT2D eigenvalue weighted by molar-refractivity contribution is 5.95. The molecule has 0 saturated carbocycles. The fourth-order valence-electron chi connectivity index (χ4n) is 2.61. The van der Waals surface area contributed by atoms with E-state index in [9.17, 15) is 9.59 Å². The predicted octanol–water partition coefficient (Wildman–Crippen LogP) is 3.89.